The maximum absolute atomic E-state index is 12.7. The van der Waals surface area contributed by atoms with Crippen molar-refractivity contribution < 1.29 is 23.7 Å². The lowest BCUT2D eigenvalue weighted by Crippen LogP contribution is -2.09. The first-order valence-corrected chi connectivity index (χ1v) is 16.0. The molecule has 42 heavy (non-hydrogen) atoms. The van der Waals surface area contributed by atoms with Gasteiger partial charge in [0.2, 0.25) is 0 Å². The Hall–Kier alpha value is -3.47. The third-order valence-electron chi connectivity index (χ3n) is 7.44. The first-order valence-electron chi connectivity index (χ1n) is 16.0. The SMILES string of the molecule is CCCCCCCCCCCCCCCCOc1ccc(C(=O)Oc2ccc(OCc3ccccc3)cc2)cc1OC. The van der Waals surface area contributed by atoms with E-state index in [2.05, 4.69) is 6.92 Å². The topological polar surface area (TPSA) is 54.0 Å². The molecule has 3 aromatic rings. The van der Waals surface area contributed by atoms with E-state index in [0.29, 0.717) is 41.8 Å². The first kappa shape index (κ1) is 33.0. The Morgan fingerprint density at radius 1 is 0.595 bits per heavy atom. The summed E-state index contributed by atoms with van der Waals surface area (Å²) < 4.78 is 22.8. The van der Waals surface area contributed by atoms with Crippen LogP contribution in [0.25, 0.3) is 0 Å². The molecular weight excluding hydrogens is 524 g/mol. The molecule has 0 unspecified atom stereocenters. The van der Waals surface area contributed by atoms with Gasteiger partial charge in [-0.15, -0.1) is 0 Å². The Morgan fingerprint density at radius 3 is 1.76 bits per heavy atom. The van der Waals surface area contributed by atoms with Crippen molar-refractivity contribution in [3.8, 4) is 23.0 Å². The van der Waals surface area contributed by atoms with E-state index in [1.807, 2.05) is 30.3 Å². The molecule has 0 amide bonds. The summed E-state index contributed by atoms with van der Waals surface area (Å²) in [6, 6.07) is 22.2. The van der Waals surface area contributed by atoms with Gasteiger partial charge in [-0.3, -0.25) is 0 Å². The Labute approximate surface area is 253 Å². The van der Waals surface area contributed by atoms with Crippen LogP contribution in [-0.4, -0.2) is 19.7 Å². The van der Waals surface area contributed by atoms with E-state index >= 15 is 0 Å². The quantitative estimate of drug-likeness (QED) is 0.0679. The number of benzene rings is 3. The zero-order valence-electron chi connectivity index (χ0n) is 25.8. The molecule has 0 spiro atoms. The normalized spacial score (nSPS) is 10.8. The average Bonchev–Trinajstić information content (AvgIpc) is 3.03. The maximum atomic E-state index is 12.7. The van der Waals surface area contributed by atoms with Crippen molar-refractivity contribution in [3.05, 3.63) is 83.9 Å². The highest BCUT2D eigenvalue weighted by Gasteiger charge is 2.13. The van der Waals surface area contributed by atoms with E-state index in [-0.39, 0.29) is 0 Å². The van der Waals surface area contributed by atoms with Gasteiger partial charge in [0.25, 0.3) is 0 Å². The standard InChI is InChI=1S/C37H50O5/c1-3-4-5-6-7-8-9-10-11-12-13-14-15-19-28-40-35-27-22-32(29-36(35)39-2)37(38)42-34-25-23-33(24-26-34)41-30-31-20-17-16-18-21-31/h16-18,20-27,29H,3-15,19,28,30H2,1-2H3. The van der Waals surface area contributed by atoms with Crippen LogP contribution in [-0.2, 0) is 6.61 Å². The summed E-state index contributed by atoms with van der Waals surface area (Å²) in [6.07, 6.45) is 18.6. The monoisotopic (exact) mass is 574 g/mol. The predicted octanol–water partition coefficient (Wildman–Crippen LogP) is 10.4. The second kappa shape index (κ2) is 20.4. The molecule has 0 aliphatic heterocycles. The summed E-state index contributed by atoms with van der Waals surface area (Å²) in [7, 11) is 1.58. The van der Waals surface area contributed by atoms with Crippen LogP contribution in [0.2, 0.25) is 0 Å². The molecule has 5 nitrogen and oxygen atoms in total. The summed E-state index contributed by atoms with van der Waals surface area (Å²) >= 11 is 0. The fourth-order valence-corrected chi connectivity index (χ4v) is 4.90. The van der Waals surface area contributed by atoms with E-state index in [0.717, 1.165) is 12.0 Å². The molecule has 0 aliphatic carbocycles. The van der Waals surface area contributed by atoms with Gasteiger partial charge < -0.3 is 18.9 Å². The van der Waals surface area contributed by atoms with Crippen molar-refractivity contribution in [1.82, 2.24) is 0 Å². The lowest BCUT2D eigenvalue weighted by atomic mass is 10.0. The Kier molecular flexibility index (Phi) is 16.1. The van der Waals surface area contributed by atoms with Crippen LogP contribution in [0.5, 0.6) is 23.0 Å². The average molecular weight is 575 g/mol. The van der Waals surface area contributed by atoms with Crippen LogP contribution in [0.4, 0.5) is 0 Å². The number of rotatable bonds is 22. The third kappa shape index (κ3) is 13.0. The van der Waals surface area contributed by atoms with Crippen molar-refractivity contribution in [1.29, 1.82) is 0 Å². The summed E-state index contributed by atoms with van der Waals surface area (Å²) in [4.78, 5) is 12.7. The molecule has 3 aromatic carbocycles. The minimum absolute atomic E-state index is 0.403. The number of ether oxygens (including phenoxy) is 4. The molecule has 0 atom stereocenters. The fourth-order valence-electron chi connectivity index (χ4n) is 4.90. The van der Waals surface area contributed by atoms with Crippen LogP contribution < -0.4 is 18.9 Å². The van der Waals surface area contributed by atoms with E-state index in [9.17, 15) is 4.79 Å². The zero-order chi connectivity index (χ0) is 29.7. The van der Waals surface area contributed by atoms with Gasteiger partial charge in [-0.05, 0) is 54.4 Å². The molecule has 0 aromatic heterocycles. The zero-order valence-corrected chi connectivity index (χ0v) is 25.8. The van der Waals surface area contributed by atoms with Crippen LogP contribution in [0.1, 0.15) is 113 Å². The van der Waals surface area contributed by atoms with E-state index < -0.39 is 5.97 Å². The molecule has 5 heteroatoms. The molecule has 0 saturated heterocycles. The van der Waals surface area contributed by atoms with Gasteiger partial charge in [-0.1, -0.05) is 121 Å². The van der Waals surface area contributed by atoms with Crippen molar-refractivity contribution in [2.45, 2.75) is 103 Å². The second-order valence-corrected chi connectivity index (χ2v) is 10.9. The molecule has 0 radical (unpaired) electrons. The number of unbranched alkanes of at least 4 members (excludes halogenated alkanes) is 13. The summed E-state index contributed by atoms with van der Waals surface area (Å²) in [5.74, 6) is 1.87. The lowest BCUT2D eigenvalue weighted by molar-refractivity contribution is 0.0734. The maximum Gasteiger partial charge on any atom is 0.343 e. The fraction of sp³-hybridized carbons (Fsp3) is 0.486. The number of carbonyl (C=O) groups excluding carboxylic acids is 1. The van der Waals surface area contributed by atoms with Crippen LogP contribution in [0.15, 0.2) is 72.8 Å². The summed E-state index contributed by atoms with van der Waals surface area (Å²) in [6.45, 7) is 3.39. The highest BCUT2D eigenvalue weighted by Crippen LogP contribution is 2.29. The van der Waals surface area contributed by atoms with Gasteiger partial charge in [0.1, 0.15) is 18.1 Å². The summed E-state index contributed by atoms with van der Waals surface area (Å²) in [5, 5.41) is 0. The minimum atomic E-state index is -0.454. The van der Waals surface area contributed by atoms with Crippen molar-refractivity contribution in [2.75, 3.05) is 13.7 Å². The van der Waals surface area contributed by atoms with Crippen molar-refractivity contribution in [2.24, 2.45) is 0 Å². The Bertz CT molecular complexity index is 1130. The molecule has 0 fully saturated rings. The number of esters is 1. The van der Waals surface area contributed by atoms with Gasteiger partial charge in [-0.25, -0.2) is 4.79 Å². The third-order valence-corrected chi connectivity index (χ3v) is 7.44. The molecule has 3 rings (SSSR count). The van der Waals surface area contributed by atoms with Gasteiger partial charge >= 0.3 is 5.97 Å². The van der Waals surface area contributed by atoms with Gasteiger partial charge in [-0.2, -0.15) is 0 Å². The van der Waals surface area contributed by atoms with Crippen LogP contribution >= 0.6 is 0 Å². The van der Waals surface area contributed by atoms with Gasteiger partial charge in [0, 0.05) is 0 Å². The first-order chi connectivity index (χ1) is 20.7. The van der Waals surface area contributed by atoms with Crippen molar-refractivity contribution in [3.63, 3.8) is 0 Å². The molecular formula is C37H50O5. The van der Waals surface area contributed by atoms with E-state index in [1.165, 1.54) is 83.5 Å². The molecule has 228 valence electrons. The highest BCUT2D eigenvalue weighted by molar-refractivity contribution is 5.91. The molecule has 0 N–H and O–H groups in total. The molecule has 0 saturated carbocycles. The van der Waals surface area contributed by atoms with Gasteiger partial charge in [0.15, 0.2) is 11.5 Å². The predicted molar refractivity (Wildman–Crippen MR) is 171 cm³/mol. The molecule has 0 aliphatic rings. The Morgan fingerprint density at radius 2 is 1.17 bits per heavy atom. The molecule has 0 heterocycles. The largest absolute Gasteiger partial charge is 0.493 e. The molecule has 0 bridgehead atoms. The van der Waals surface area contributed by atoms with Crippen molar-refractivity contribution >= 4 is 5.97 Å². The number of methoxy groups -OCH3 is 1. The lowest BCUT2D eigenvalue weighted by Gasteiger charge is -2.12. The van der Waals surface area contributed by atoms with Gasteiger partial charge in [0.05, 0.1) is 19.3 Å². The van der Waals surface area contributed by atoms with E-state index in [1.54, 1.807) is 49.6 Å². The number of carbonyl (C=O) groups is 1. The van der Waals surface area contributed by atoms with E-state index in [4.69, 9.17) is 18.9 Å². The number of hydrogen-bond donors (Lipinski definition) is 0. The highest BCUT2D eigenvalue weighted by atomic mass is 16.5. The minimum Gasteiger partial charge on any atom is -0.493 e. The second-order valence-electron chi connectivity index (χ2n) is 10.9. The number of hydrogen-bond acceptors (Lipinski definition) is 5. The Balaban J connectivity index is 1.29. The van der Waals surface area contributed by atoms with Crippen LogP contribution in [0.3, 0.4) is 0 Å². The smallest absolute Gasteiger partial charge is 0.343 e. The summed E-state index contributed by atoms with van der Waals surface area (Å²) in [5.41, 5.74) is 1.49. The van der Waals surface area contributed by atoms with Crippen LogP contribution in [0, 0.1) is 0 Å².